The molecule has 0 fully saturated rings. The number of rotatable bonds is 5. The molecule has 1 nitrogen and oxygen atoms in total. The van der Waals surface area contributed by atoms with Crippen LogP contribution >= 0.6 is 15.9 Å². The average Bonchev–Trinajstić information content (AvgIpc) is 2.43. The molecule has 20 heavy (non-hydrogen) atoms. The number of halogens is 1. The summed E-state index contributed by atoms with van der Waals surface area (Å²) < 4.78 is 0.962. The van der Waals surface area contributed by atoms with Gasteiger partial charge in [0.15, 0.2) is 0 Å². The fraction of sp³-hybridized carbons (Fsp3) is 0.222. The molecule has 104 valence electrons. The fourth-order valence-electron chi connectivity index (χ4n) is 2.34. The third-order valence-corrected chi connectivity index (χ3v) is 3.66. The van der Waals surface area contributed by atoms with E-state index in [1.807, 2.05) is 6.07 Å². The highest BCUT2D eigenvalue weighted by molar-refractivity contribution is 9.11. The first-order chi connectivity index (χ1) is 9.58. The summed E-state index contributed by atoms with van der Waals surface area (Å²) in [4.78, 5) is 0. The Morgan fingerprint density at radius 2 is 1.85 bits per heavy atom. The lowest BCUT2D eigenvalue weighted by molar-refractivity contribution is 0.647. The van der Waals surface area contributed by atoms with E-state index in [0.29, 0.717) is 0 Å². The van der Waals surface area contributed by atoms with Gasteiger partial charge in [0.05, 0.1) is 6.04 Å². The number of benzene rings is 2. The zero-order valence-electron chi connectivity index (χ0n) is 12.0. The van der Waals surface area contributed by atoms with E-state index < -0.39 is 0 Å². The Hall–Kier alpha value is -1.38. The monoisotopic (exact) mass is 329 g/mol. The van der Waals surface area contributed by atoms with Crippen molar-refractivity contribution in [1.29, 1.82) is 0 Å². The lowest BCUT2D eigenvalue weighted by atomic mass is 9.93. The first kappa shape index (κ1) is 15.0. The molecule has 1 N–H and O–H groups in total. The van der Waals surface area contributed by atoms with Crippen LogP contribution in [0.2, 0.25) is 0 Å². The van der Waals surface area contributed by atoms with Gasteiger partial charge in [-0.3, -0.25) is 0 Å². The molecule has 0 radical (unpaired) electrons. The van der Waals surface area contributed by atoms with Crippen LogP contribution < -0.4 is 5.32 Å². The van der Waals surface area contributed by atoms with Gasteiger partial charge in [0.2, 0.25) is 0 Å². The van der Waals surface area contributed by atoms with Crippen molar-refractivity contribution in [2.75, 3.05) is 6.54 Å². The van der Waals surface area contributed by atoms with Gasteiger partial charge in [0, 0.05) is 11.0 Å². The normalized spacial score (nSPS) is 12.2. The summed E-state index contributed by atoms with van der Waals surface area (Å²) in [6.07, 6.45) is 0. The number of aryl methyl sites for hydroxylation is 2. The van der Waals surface area contributed by atoms with Gasteiger partial charge >= 0.3 is 0 Å². The van der Waals surface area contributed by atoms with Crippen LogP contribution in [0.15, 0.2) is 59.6 Å². The predicted molar refractivity (Wildman–Crippen MR) is 90.3 cm³/mol. The summed E-state index contributed by atoms with van der Waals surface area (Å²) >= 11 is 3.42. The Kier molecular flexibility index (Phi) is 5.16. The number of hydrogen-bond acceptors (Lipinski definition) is 1. The molecule has 0 heterocycles. The SMILES string of the molecule is C=C(Br)CNC(c1ccccc1)c1cc(C)ccc1C. The van der Waals surface area contributed by atoms with Gasteiger partial charge in [-0.2, -0.15) is 0 Å². The molecule has 2 rings (SSSR count). The van der Waals surface area contributed by atoms with Gasteiger partial charge in [-0.15, -0.1) is 0 Å². The van der Waals surface area contributed by atoms with Gasteiger partial charge < -0.3 is 5.32 Å². The highest BCUT2D eigenvalue weighted by Crippen LogP contribution is 2.26. The summed E-state index contributed by atoms with van der Waals surface area (Å²) in [6, 6.07) is 17.3. The van der Waals surface area contributed by atoms with E-state index in [0.717, 1.165) is 11.0 Å². The Balaban J connectivity index is 2.40. The molecule has 0 aliphatic heterocycles. The largest absolute Gasteiger partial charge is 0.302 e. The van der Waals surface area contributed by atoms with Crippen molar-refractivity contribution in [3.05, 3.63) is 81.8 Å². The minimum atomic E-state index is 0.186. The summed E-state index contributed by atoms with van der Waals surface area (Å²) in [6.45, 7) is 8.95. The molecule has 1 unspecified atom stereocenters. The molecule has 0 bridgehead atoms. The molecule has 0 amide bonds. The van der Waals surface area contributed by atoms with Crippen LogP contribution in [-0.2, 0) is 0 Å². The van der Waals surface area contributed by atoms with Crippen LogP contribution in [0.5, 0.6) is 0 Å². The third-order valence-electron chi connectivity index (χ3n) is 3.38. The number of hydrogen-bond donors (Lipinski definition) is 1. The maximum atomic E-state index is 3.91. The van der Waals surface area contributed by atoms with Crippen LogP contribution in [-0.4, -0.2) is 6.54 Å². The highest BCUT2D eigenvalue weighted by Gasteiger charge is 2.15. The van der Waals surface area contributed by atoms with E-state index in [-0.39, 0.29) is 6.04 Å². The van der Waals surface area contributed by atoms with Crippen molar-refractivity contribution >= 4 is 15.9 Å². The topological polar surface area (TPSA) is 12.0 Å². The Bertz CT molecular complexity index is 590. The van der Waals surface area contributed by atoms with Gasteiger partial charge in [0.25, 0.3) is 0 Å². The van der Waals surface area contributed by atoms with Gasteiger partial charge in [-0.1, -0.05) is 76.6 Å². The second-order valence-corrected chi connectivity index (χ2v) is 6.22. The molecule has 0 saturated heterocycles. The van der Waals surface area contributed by atoms with E-state index in [1.54, 1.807) is 0 Å². The van der Waals surface area contributed by atoms with Crippen LogP contribution in [0, 0.1) is 13.8 Å². The molecule has 0 aliphatic carbocycles. The van der Waals surface area contributed by atoms with Crippen molar-refractivity contribution < 1.29 is 0 Å². The summed E-state index contributed by atoms with van der Waals surface area (Å²) in [5.74, 6) is 0. The van der Waals surface area contributed by atoms with Gasteiger partial charge in [0.1, 0.15) is 0 Å². The highest BCUT2D eigenvalue weighted by atomic mass is 79.9. The second kappa shape index (κ2) is 6.87. The molecular formula is C18H20BrN. The smallest absolute Gasteiger partial charge is 0.0582 e. The molecule has 2 aromatic rings. The Morgan fingerprint density at radius 1 is 1.15 bits per heavy atom. The van der Waals surface area contributed by atoms with Gasteiger partial charge in [-0.05, 0) is 30.5 Å². The minimum absolute atomic E-state index is 0.186. The maximum absolute atomic E-state index is 3.91. The lowest BCUT2D eigenvalue weighted by Crippen LogP contribution is -2.24. The first-order valence-corrected chi connectivity index (χ1v) is 7.56. The minimum Gasteiger partial charge on any atom is -0.302 e. The van der Waals surface area contributed by atoms with Gasteiger partial charge in [-0.25, -0.2) is 0 Å². The molecule has 2 aromatic carbocycles. The van der Waals surface area contributed by atoms with E-state index in [4.69, 9.17) is 0 Å². The van der Waals surface area contributed by atoms with Crippen molar-refractivity contribution in [3.8, 4) is 0 Å². The molecule has 0 aromatic heterocycles. The Labute approximate surface area is 129 Å². The van der Waals surface area contributed by atoms with Crippen molar-refractivity contribution in [2.24, 2.45) is 0 Å². The fourth-order valence-corrected chi connectivity index (χ4v) is 2.50. The van der Waals surface area contributed by atoms with E-state index in [1.165, 1.54) is 22.3 Å². The number of nitrogens with one attached hydrogen (secondary N) is 1. The second-order valence-electron chi connectivity index (χ2n) is 5.10. The van der Waals surface area contributed by atoms with E-state index >= 15 is 0 Å². The Morgan fingerprint density at radius 3 is 2.50 bits per heavy atom. The first-order valence-electron chi connectivity index (χ1n) is 6.76. The molecule has 0 aliphatic rings. The predicted octanol–water partition coefficient (Wildman–Crippen LogP) is 4.89. The van der Waals surface area contributed by atoms with E-state index in [9.17, 15) is 0 Å². The summed E-state index contributed by atoms with van der Waals surface area (Å²) in [5, 5.41) is 3.57. The van der Waals surface area contributed by atoms with Crippen molar-refractivity contribution in [3.63, 3.8) is 0 Å². The molecule has 1 atom stereocenters. The quantitative estimate of drug-likeness (QED) is 0.823. The average molecular weight is 330 g/mol. The molecule has 2 heteroatoms. The van der Waals surface area contributed by atoms with Crippen LogP contribution in [0.1, 0.15) is 28.3 Å². The lowest BCUT2D eigenvalue weighted by Gasteiger charge is -2.22. The van der Waals surface area contributed by atoms with Crippen LogP contribution in [0.3, 0.4) is 0 Å². The van der Waals surface area contributed by atoms with Crippen molar-refractivity contribution in [2.45, 2.75) is 19.9 Å². The molecule has 0 saturated carbocycles. The van der Waals surface area contributed by atoms with Crippen LogP contribution in [0.4, 0.5) is 0 Å². The van der Waals surface area contributed by atoms with Crippen molar-refractivity contribution in [1.82, 2.24) is 5.32 Å². The molecular weight excluding hydrogens is 310 g/mol. The maximum Gasteiger partial charge on any atom is 0.0582 e. The van der Waals surface area contributed by atoms with E-state index in [2.05, 4.69) is 84.1 Å². The standard InChI is InChI=1S/C18H20BrN/c1-13-9-10-14(2)17(11-13)18(20-12-15(3)19)16-7-5-4-6-8-16/h4-11,18,20H,3,12H2,1-2H3. The summed E-state index contributed by atoms with van der Waals surface area (Å²) in [5.41, 5.74) is 5.18. The zero-order chi connectivity index (χ0) is 14.5. The third kappa shape index (κ3) is 3.81. The summed E-state index contributed by atoms with van der Waals surface area (Å²) in [7, 11) is 0. The zero-order valence-corrected chi connectivity index (χ0v) is 13.6. The molecule has 0 spiro atoms. The van der Waals surface area contributed by atoms with Crippen LogP contribution in [0.25, 0.3) is 0 Å².